The number of benzene rings is 2. The number of ketones is 2. The summed E-state index contributed by atoms with van der Waals surface area (Å²) >= 11 is 0. The number of rotatable bonds is 48. The molecule has 0 aromatic heterocycles. The molecule has 410 valence electrons. The second kappa shape index (κ2) is 40.7. The van der Waals surface area contributed by atoms with Crippen molar-refractivity contribution >= 4 is 22.9 Å². The summed E-state index contributed by atoms with van der Waals surface area (Å²) in [5, 5.41) is 0. The van der Waals surface area contributed by atoms with Gasteiger partial charge >= 0.3 is 0 Å². The molecule has 0 saturated heterocycles. The van der Waals surface area contributed by atoms with Crippen LogP contribution in [0.15, 0.2) is 48.5 Å². The average molecular weight is 994 g/mol. The maximum atomic E-state index is 15.2. The average Bonchev–Trinajstić information content (AvgIpc) is 3.40. The molecule has 0 N–H and O–H groups in total. The Bertz CT molecular complexity index is 1520. The van der Waals surface area contributed by atoms with Gasteiger partial charge in [-0.25, -0.2) is 0 Å². The molecule has 0 aliphatic carbocycles. The summed E-state index contributed by atoms with van der Waals surface area (Å²) in [5.41, 5.74) is 3.65. The molecule has 4 unspecified atom stereocenters. The molecule has 0 amide bonds. The fourth-order valence-corrected chi connectivity index (χ4v) is 12.7. The lowest BCUT2D eigenvalue weighted by molar-refractivity contribution is 0.0835. The van der Waals surface area contributed by atoms with Gasteiger partial charge in [0, 0.05) is 35.6 Å². The van der Waals surface area contributed by atoms with Crippen LogP contribution in [0.4, 0.5) is 11.4 Å². The highest BCUT2D eigenvalue weighted by Crippen LogP contribution is 2.43. The highest BCUT2D eigenvalue weighted by molar-refractivity contribution is 6.19. The van der Waals surface area contributed by atoms with Gasteiger partial charge in [-0.2, -0.15) is 0 Å². The largest absolute Gasteiger partial charge is 0.358 e. The summed E-state index contributed by atoms with van der Waals surface area (Å²) in [5.74, 6) is 1.33. The van der Waals surface area contributed by atoms with Crippen molar-refractivity contribution in [3.05, 3.63) is 59.7 Å². The minimum atomic E-state index is -0.485. The third-order valence-electron chi connectivity index (χ3n) is 17.2. The van der Waals surface area contributed by atoms with Crippen molar-refractivity contribution in [3.63, 3.8) is 0 Å². The van der Waals surface area contributed by atoms with Crippen LogP contribution in [-0.4, -0.2) is 36.7 Å². The third kappa shape index (κ3) is 23.9. The summed E-state index contributed by atoms with van der Waals surface area (Å²) in [6.07, 6.45) is 59.1. The van der Waals surface area contributed by atoms with Crippen molar-refractivity contribution < 1.29 is 9.59 Å². The second-order valence-electron chi connectivity index (χ2n) is 23.6. The van der Waals surface area contributed by atoms with Crippen molar-refractivity contribution in [1.82, 2.24) is 0 Å². The lowest BCUT2D eigenvalue weighted by Crippen LogP contribution is -2.66. The van der Waals surface area contributed by atoms with Crippen LogP contribution in [0.2, 0.25) is 0 Å². The van der Waals surface area contributed by atoms with Crippen molar-refractivity contribution in [2.75, 3.05) is 22.9 Å². The number of carbonyl (C=O) groups is 2. The summed E-state index contributed by atoms with van der Waals surface area (Å²) < 4.78 is 0. The Balaban J connectivity index is 1.49. The van der Waals surface area contributed by atoms with E-state index in [9.17, 15) is 0 Å². The number of unbranched alkanes of at least 4 members (excludes halogenated alkanes) is 36. The molecule has 2 aromatic rings. The summed E-state index contributed by atoms with van der Waals surface area (Å²) in [6.45, 7) is 11.0. The van der Waals surface area contributed by atoms with E-state index in [1.54, 1.807) is 0 Å². The molecule has 2 aliphatic rings. The Kier molecular flexibility index (Phi) is 35.0. The number of anilines is 2. The maximum absolute atomic E-state index is 15.2. The first-order valence-corrected chi connectivity index (χ1v) is 32.3. The minimum Gasteiger partial charge on any atom is -0.358 e. The monoisotopic (exact) mass is 993 g/mol. The molecular weight excluding hydrogens is 877 g/mol. The van der Waals surface area contributed by atoms with E-state index in [0.717, 1.165) is 35.6 Å². The molecule has 72 heavy (non-hydrogen) atoms. The van der Waals surface area contributed by atoms with Crippen LogP contribution in [0.5, 0.6) is 0 Å². The highest BCUT2D eigenvalue weighted by Gasteiger charge is 2.51. The topological polar surface area (TPSA) is 40.6 Å². The number of hydrogen-bond acceptors (Lipinski definition) is 4. The molecule has 0 radical (unpaired) electrons. The van der Waals surface area contributed by atoms with Gasteiger partial charge in [-0.15, -0.1) is 0 Å². The standard InChI is InChI=1S/C68H116N2O2/c1-5-9-13-17-21-25-27-29-31-35-39-43-51-59(49-41-37-33-23-19-15-11-7-3)57-69-63-55-47-45-53-61(63)68(72)66-65(69)67(71)62-54-46-48-56-64(62)70(66)58-60(50-42-38-34-24-20-16-12-8-4)52-44-40-36-32-30-28-26-22-18-14-10-6-2/h45-48,53-56,59-60,65-66H,5-44,49-52,57-58H2,1-4H3. The van der Waals surface area contributed by atoms with Gasteiger partial charge in [-0.3, -0.25) is 9.59 Å². The zero-order valence-corrected chi connectivity index (χ0v) is 48.2. The number of carbonyl (C=O) groups excluding carboxylic acids is 2. The smallest absolute Gasteiger partial charge is 0.189 e. The summed E-state index contributed by atoms with van der Waals surface area (Å²) in [7, 11) is 0. The summed E-state index contributed by atoms with van der Waals surface area (Å²) in [6, 6.07) is 15.8. The van der Waals surface area contributed by atoms with Gasteiger partial charge in [0.25, 0.3) is 0 Å². The molecule has 2 aliphatic heterocycles. The lowest BCUT2D eigenvalue weighted by Gasteiger charge is -2.51. The van der Waals surface area contributed by atoms with Crippen LogP contribution in [-0.2, 0) is 0 Å². The highest BCUT2D eigenvalue weighted by atomic mass is 16.1. The quantitative estimate of drug-likeness (QED) is 0.0620. The van der Waals surface area contributed by atoms with Gasteiger partial charge in [0.1, 0.15) is 12.1 Å². The predicted molar refractivity (Wildman–Crippen MR) is 317 cm³/mol. The van der Waals surface area contributed by atoms with E-state index in [4.69, 9.17) is 0 Å². The van der Waals surface area contributed by atoms with Crippen LogP contribution in [0.1, 0.15) is 331 Å². The fourth-order valence-electron chi connectivity index (χ4n) is 12.7. The second-order valence-corrected chi connectivity index (χ2v) is 23.6. The maximum Gasteiger partial charge on any atom is 0.189 e. The van der Waals surface area contributed by atoms with E-state index in [1.807, 2.05) is 0 Å². The first kappa shape index (κ1) is 61.9. The molecule has 2 heterocycles. The Morgan fingerprint density at radius 2 is 0.514 bits per heavy atom. The molecule has 2 aromatic carbocycles. The van der Waals surface area contributed by atoms with Crippen LogP contribution in [0, 0.1) is 11.8 Å². The zero-order valence-electron chi connectivity index (χ0n) is 48.2. The van der Waals surface area contributed by atoms with Gasteiger partial charge < -0.3 is 9.80 Å². The van der Waals surface area contributed by atoms with E-state index < -0.39 is 12.1 Å². The van der Waals surface area contributed by atoms with Gasteiger partial charge in [0.15, 0.2) is 11.6 Å². The van der Waals surface area contributed by atoms with Crippen molar-refractivity contribution in [3.8, 4) is 0 Å². The SMILES string of the molecule is CCCCCCCCCCCCCCC(CCCCCCCCCC)CN1c2ccccc2C(=O)C2C1C(=O)c1ccccc1N2CC(CCCCCCCCCC)CCCCCCCCCCCCCC. The molecule has 4 atom stereocenters. The number of Topliss-reactive ketones (excluding diaryl/α,β-unsaturated/α-hetero) is 2. The van der Waals surface area contributed by atoms with Gasteiger partial charge in [-0.1, -0.05) is 309 Å². The first-order chi connectivity index (χ1) is 35.5. The van der Waals surface area contributed by atoms with E-state index in [-0.39, 0.29) is 11.6 Å². The predicted octanol–water partition coefficient (Wildman–Crippen LogP) is 21.6. The lowest BCUT2D eigenvalue weighted by atomic mass is 9.79. The van der Waals surface area contributed by atoms with Crippen LogP contribution < -0.4 is 9.80 Å². The Morgan fingerprint density at radius 3 is 0.750 bits per heavy atom. The Hall–Kier alpha value is -2.62. The van der Waals surface area contributed by atoms with Crippen LogP contribution in [0.25, 0.3) is 0 Å². The van der Waals surface area contributed by atoms with Gasteiger partial charge in [-0.05, 0) is 61.8 Å². The summed E-state index contributed by atoms with van der Waals surface area (Å²) in [4.78, 5) is 35.4. The van der Waals surface area contributed by atoms with E-state index in [0.29, 0.717) is 11.8 Å². The van der Waals surface area contributed by atoms with Gasteiger partial charge in [0.2, 0.25) is 0 Å². The van der Waals surface area contributed by atoms with Crippen LogP contribution in [0.3, 0.4) is 0 Å². The number of para-hydroxylation sites is 2. The number of nitrogens with zero attached hydrogens (tertiary/aromatic N) is 2. The normalized spacial score (nSPS) is 16.3. The zero-order chi connectivity index (χ0) is 51.1. The van der Waals surface area contributed by atoms with Crippen molar-refractivity contribution in [2.24, 2.45) is 11.8 Å². The van der Waals surface area contributed by atoms with E-state index in [1.165, 1.54) is 283 Å². The number of hydrogen-bond donors (Lipinski definition) is 0. The van der Waals surface area contributed by atoms with Crippen molar-refractivity contribution in [1.29, 1.82) is 0 Å². The molecule has 4 rings (SSSR count). The first-order valence-electron chi connectivity index (χ1n) is 32.3. The van der Waals surface area contributed by atoms with Crippen molar-refractivity contribution in [2.45, 2.75) is 322 Å². The molecule has 0 bridgehead atoms. The Labute approximate surface area is 447 Å². The molecule has 4 nitrogen and oxygen atoms in total. The fraction of sp³-hybridized carbons (Fsp3) is 0.794. The molecular formula is C68H116N2O2. The number of fused-ring (bicyclic) bond motifs is 3. The Morgan fingerprint density at radius 1 is 0.306 bits per heavy atom. The molecule has 0 spiro atoms. The molecule has 4 heteroatoms. The van der Waals surface area contributed by atoms with E-state index >= 15 is 9.59 Å². The molecule has 0 fully saturated rings. The van der Waals surface area contributed by atoms with Crippen LogP contribution >= 0.6 is 0 Å². The van der Waals surface area contributed by atoms with Gasteiger partial charge in [0.05, 0.1) is 0 Å². The third-order valence-corrected chi connectivity index (χ3v) is 17.2. The molecule has 0 saturated carbocycles. The minimum absolute atomic E-state index is 0.159. The van der Waals surface area contributed by atoms with E-state index in [2.05, 4.69) is 86.0 Å².